The normalized spacial score (nSPS) is 10.6. The number of ketones is 1. The third-order valence-electron chi connectivity index (χ3n) is 2.24. The van der Waals surface area contributed by atoms with Gasteiger partial charge in [0.05, 0.1) is 0 Å². The molecule has 1 heterocycles. The molecule has 0 N–H and O–H groups in total. The average molecular weight is 191 g/mol. The maximum Gasteiger partial charge on any atom is 0.135 e. The molecule has 2 nitrogen and oxygen atoms in total. The smallest absolute Gasteiger partial charge is 0.135 e. The third-order valence-corrected chi connectivity index (χ3v) is 2.24. The van der Waals surface area contributed by atoms with Crippen molar-refractivity contribution < 1.29 is 4.79 Å². The van der Waals surface area contributed by atoms with Crippen molar-refractivity contribution in [2.45, 2.75) is 33.6 Å². The molecule has 0 spiro atoms. The van der Waals surface area contributed by atoms with E-state index in [1.807, 2.05) is 33.2 Å². The number of aromatic nitrogens is 1. The van der Waals surface area contributed by atoms with Crippen molar-refractivity contribution in [3.63, 3.8) is 0 Å². The highest BCUT2D eigenvalue weighted by Crippen LogP contribution is 2.07. The molecule has 0 unspecified atom stereocenters. The summed E-state index contributed by atoms with van der Waals surface area (Å²) in [5.74, 6) is 0.472. The average Bonchev–Trinajstić information content (AvgIpc) is 2.14. The van der Waals surface area contributed by atoms with E-state index in [0.717, 1.165) is 17.5 Å². The first-order chi connectivity index (χ1) is 6.59. The molecule has 0 amide bonds. The van der Waals surface area contributed by atoms with Crippen LogP contribution in [-0.4, -0.2) is 10.8 Å². The highest BCUT2D eigenvalue weighted by atomic mass is 16.1. The van der Waals surface area contributed by atoms with E-state index in [9.17, 15) is 4.79 Å². The Morgan fingerprint density at radius 3 is 2.71 bits per heavy atom. The summed E-state index contributed by atoms with van der Waals surface area (Å²) in [6.07, 6.45) is 5.10. The summed E-state index contributed by atoms with van der Waals surface area (Å²) < 4.78 is 0. The van der Waals surface area contributed by atoms with Crippen LogP contribution in [0.5, 0.6) is 0 Å². The molecule has 14 heavy (non-hydrogen) atoms. The Morgan fingerprint density at radius 1 is 1.43 bits per heavy atom. The number of nitrogens with zero attached hydrogens (tertiary/aromatic N) is 1. The fraction of sp³-hybridized carbons (Fsp3) is 0.500. The summed E-state index contributed by atoms with van der Waals surface area (Å²) in [6.45, 7) is 5.90. The van der Waals surface area contributed by atoms with Gasteiger partial charge in [-0.15, -0.1) is 0 Å². The molecular formula is C12H17NO. The second kappa shape index (κ2) is 4.89. The highest BCUT2D eigenvalue weighted by Gasteiger charge is 2.06. The summed E-state index contributed by atoms with van der Waals surface area (Å²) in [5, 5.41) is 0. The Morgan fingerprint density at radius 2 is 2.14 bits per heavy atom. The van der Waals surface area contributed by atoms with Crippen molar-refractivity contribution in [2.75, 3.05) is 0 Å². The van der Waals surface area contributed by atoms with E-state index in [1.54, 1.807) is 0 Å². The minimum Gasteiger partial charge on any atom is -0.299 e. The van der Waals surface area contributed by atoms with Crippen LogP contribution in [0.15, 0.2) is 18.5 Å². The molecule has 2 heteroatoms. The van der Waals surface area contributed by atoms with Gasteiger partial charge in [-0.25, -0.2) is 0 Å². The second-order valence-corrected chi connectivity index (χ2v) is 3.99. The Balaban J connectivity index is 2.50. The molecule has 0 saturated carbocycles. The SMILES string of the molecule is Cc1cncc(CCC(=O)C(C)C)c1. The molecule has 0 saturated heterocycles. The predicted molar refractivity (Wildman–Crippen MR) is 57.1 cm³/mol. The molecule has 1 aromatic heterocycles. The van der Waals surface area contributed by atoms with Crippen molar-refractivity contribution in [1.82, 2.24) is 4.98 Å². The van der Waals surface area contributed by atoms with Crippen LogP contribution < -0.4 is 0 Å². The summed E-state index contributed by atoms with van der Waals surface area (Å²) in [7, 11) is 0. The van der Waals surface area contributed by atoms with Gasteiger partial charge in [0.15, 0.2) is 0 Å². The van der Waals surface area contributed by atoms with E-state index < -0.39 is 0 Å². The van der Waals surface area contributed by atoms with Gasteiger partial charge in [0.25, 0.3) is 0 Å². The van der Waals surface area contributed by atoms with Crippen molar-refractivity contribution >= 4 is 5.78 Å². The lowest BCUT2D eigenvalue weighted by atomic mass is 10.0. The molecule has 1 aromatic rings. The van der Waals surface area contributed by atoms with Crippen LogP contribution in [0.2, 0.25) is 0 Å². The number of carbonyl (C=O) groups is 1. The van der Waals surface area contributed by atoms with E-state index in [-0.39, 0.29) is 5.92 Å². The van der Waals surface area contributed by atoms with Gasteiger partial charge >= 0.3 is 0 Å². The monoisotopic (exact) mass is 191 g/mol. The predicted octanol–water partition coefficient (Wildman–Crippen LogP) is 2.55. The standard InChI is InChI=1S/C12H17NO/c1-9(2)12(14)5-4-11-6-10(3)7-13-8-11/h6-9H,4-5H2,1-3H3. The zero-order valence-electron chi connectivity index (χ0n) is 9.08. The topological polar surface area (TPSA) is 30.0 Å². The first-order valence-corrected chi connectivity index (χ1v) is 5.03. The second-order valence-electron chi connectivity index (χ2n) is 3.99. The molecule has 1 rings (SSSR count). The van der Waals surface area contributed by atoms with Crippen molar-refractivity contribution in [3.8, 4) is 0 Å². The van der Waals surface area contributed by atoms with Crippen LogP contribution in [-0.2, 0) is 11.2 Å². The lowest BCUT2D eigenvalue weighted by molar-refractivity contribution is -0.121. The molecule has 0 aliphatic carbocycles. The Hall–Kier alpha value is -1.18. The quantitative estimate of drug-likeness (QED) is 0.732. The van der Waals surface area contributed by atoms with Crippen LogP contribution in [0.25, 0.3) is 0 Å². The lowest BCUT2D eigenvalue weighted by Crippen LogP contribution is -2.07. The summed E-state index contributed by atoms with van der Waals surface area (Å²) in [6, 6.07) is 2.08. The summed E-state index contributed by atoms with van der Waals surface area (Å²) >= 11 is 0. The number of Topliss-reactive ketones (excluding diaryl/α,β-unsaturated/α-hetero) is 1. The van der Waals surface area contributed by atoms with E-state index in [2.05, 4.69) is 11.1 Å². The Bertz CT molecular complexity index is 318. The van der Waals surface area contributed by atoms with Crippen LogP contribution in [0, 0.1) is 12.8 Å². The highest BCUT2D eigenvalue weighted by molar-refractivity contribution is 5.80. The zero-order chi connectivity index (χ0) is 10.6. The maximum atomic E-state index is 11.4. The van der Waals surface area contributed by atoms with E-state index >= 15 is 0 Å². The Kier molecular flexibility index (Phi) is 3.81. The van der Waals surface area contributed by atoms with Crippen LogP contribution >= 0.6 is 0 Å². The maximum absolute atomic E-state index is 11.4. The van der Waals surface area contributed by atoms with Gasteiger partial charge in [-0.1, -0.05) is 19.9 Å². The van der Waals surface area contributed by atoms with E-state index in [1.165, 1.54) is 0 Å². The largest absolute Gasteiger partial charge is 0.299 e. The summed E-state index contributed by atoms with van der Waals surface area (Å²) in [5.41, 5.74) is 2.30. The fourth-order valence-electron chi connectivity index (χ4n) is 1.31. The molecule has 0 radical (unpaired) electrons. The number of aryl methyl sites for hydroxylation is 2. The molecule has 0 bridgehead atoms. The van der Waals surface area contributed by atoms with Gasteiger partial charge in [-0.2, -0.15) is 0 Å². The summed E-state index contributed by atoms with van der Waals surface area (Å²) in [4.78, 5) is 15.5. The fourth-order valence-corrected chi connectivity index (χ4v) is 1.31. The van der Waals surface area contributed by atoms with Crippen molar-refractivity contribution in [1.29, 1.82) is 0 Å². The van der Waals surface area contributed by atoms with Gasteiger partial charge < -0.3 is 0 Å². The van der Waals surface area contributed by atoms with Gasteiger partial charge in [-0.05, 0) is 24.5 Å². The van der Waals surface area contributed by atoms with Gasteiger partial charge in [-0.3, -0.25) is 9.78 Å². The first-order valence-electron chi connectivity index (χ1n) is 5.03. The van der Waals surface area contributed by atoms with Crippen LogP contribution in [0.4, 0.5) is 0 Å². The van der Waals surface area contributed by atoms with E-state index in [4.69, 9.17) is 0 Å². The lowest BCUT2D eigenvalue weighted by Gasteiger charge is -2.04. The number of rotatable bonds is 4. The van der Waals surface area contributed by atoms with Crippen molar-refractivity contribution in [3.05, 3.63) is 29.6 Å². The third kappa shape index (κ3) is 3.29. The molecule has 0 aliphatic heterocycles. The van der Waals surface area contributed by atoms with E-state index in [0.29, 0.717) is 12.2 Å². The molecule has 0 fully saturated rings. The van der Waals surface area contributed by atoms with Crippen molar-refractivity contribution in [2.24, 2.45) is 5.92 Å². The minimum atomic E-state index is 0.146. The molecule has 0 aliphatic rings. The number of carbonyl (C=O) groups excluding carboxylic acids is 1. The number of hydrogen-bond donors (Lipinski definition) is 0. The van der Waals surface area contributed by atoms with Crippen LogP contribution in [0.3, 0.4) is 0 Å². The molecule has 76 valence electrons. The molecule has 0 atom stereocenters. The number of pyridine rings is 1. The molecule has 0 aromatic carbocycles. The van der Waals surface area contributed by atoms with Crippen LogP contribution in [0.1, 0.15) is 31.4 Å². The van der Waals surface area contributed by atoms with Gasteiger partial charge in [0, 0.05) is 24.7 Å². The zero-order valence-corrected chi connectivity index (χ0v) is 9.08. The first kappa shape index (κ1) is 10.9. The number of hydrogen-bond acceptors (Lipinski definition) is 2. The minimum absolute atomic E-state index is 0.146. The van der Waals surface area contributed by atoms with Gasteiger partial charge in [0.1, 0.15) is 5.78 Å². The Labute approximate surface area is 85.4 Å². The molecular weight excluding hydrogens is 174 g/mol. The van der Waals surface area contributed by atoms with Gasteiger partial charge in [0.2, 0.25) is 0 Å².